The minimum absolute atomic E-state index is 0.191. The maximum absolute atomic E-state index is 12.2. The molecule has 0 aromatic heterocycles. The lowest BCUT2D eigenvalue weighted by Crippen LogP contribution is -2.12. The van der Waals surface area contributed by atoms with Gasteiger partial charge in [-0.2, -0.15) is 0 Å². The minimum atomic E-state index is -0.212. The lowest BCUT2D eigenvalue weighted by Gasteiger charge is -2.04. The number of nitrogens with zero attached hydrogens (tertiary/aromatic N) is 1. The van der Waals surface area contributed by atoms with Crippen LogP contribution in [0.3, 0.4) is 0 Å². The molecule has 0 bridgehead atoms. The van der Waals surface area contributed by atoms with E-state index in [0.717, 1.165) is 0 Å². The summed E-state index contributed by atoms with van der Waals surface area (Å²) in [7, 11) is 0. The van der Waals surface area contributed by atoms with Crippen LogP contribution in [0.4, 0.5) is 22.7 Å². The van der Waals surface area contributed by atoms with Crippen molar-refractivity contribution in [3.8, 4) is 0 Å². The van der Waals surface area contributed by atoms with Crippen molar-refractivity contribution < 1.29 is 14.5 Å². The molecule has 118 valence electrons. The Bertz CT molecular complexity index is 758. The fourth-order valence-electron chi connectivity index (χ4n) is 1.96. The highest BCUT2D eigenvalue weighted by Crippen LogP contribution is 2.20. The molecule has 0 fully saturated rings. The van der Waals surface area contributed by atoms with E-state index in [0.29, 0.717) is 27.6 Å². The summed E-state index contributed by atoms with van der Waals surface area (Å²) >= 11 is 0. The number of nitroso groups, excluding NO2 is 1. The van der Waals surface area contributed by atoms with Crippen molar-refractivity contribution in [2.75, 3.05) is 16.1 Å². The van der Waals surface area contributed by atoms with Crippen LogP contribution in [0.5, 0.6) is 0 Å². The van der Waals surface area contributed by atoms with Crippen LogP contribution in [0.25, 0.3) is 0 Å². The highest BCUT2D eigenvalue weighted by molar-refractivity contribution is 5.89. The largest absolute Gasteiger partial charge is 0.326 e. The van der Waals surface area contributed by atoms with Crippen LogP contribution in [0.2, 0.25) is 0 Å². The van der Waals surface area contributed by atoms with E-state index in [4.69, 9.17) is 0 Å². The SMILES string of the molecule is CC(=O)Nc1cccc(N[N+](=O)c2cccc(NC(C)=O)c2)c1. The zero-order valence-electron chi connectivity index (χ0n) is 12.8. The fraction of sp³-hybridized carbons (Fsp3) is 0.125. The van der Waals surface area contributed by atoms with Gasteiger partial charge in [-0.05, 0) is 24.3 Å². The number of benzene rings is 2. The molecule has 0 radical (unpaired) electrons. The van der Waals surface area contributed by atoms with Gasteiger partial charge in [0.1, 0.15) is 5.69 Å². The third kappa shape index (κ3) is 4.92. The quantitative estimate of drug-likeness (QED) is 0.584. The summed E-state index contributed by atoms with van der Waals surface area (Å²) in [5.41, 5.74) is 4.64. The fourth-order valence-corrected chi connectivity index (χ4v) is 1.96. The summed E-state index contributed by atoms with van der Waals surface area (Å²) in [5, 5.41) is 5.26. The van der Waals surface area contributed by atoms with Gasteiger partial charge in [0.15, 0.2) is 4.87 Å². The van der Waals surface area contributed by atoms with Crippen LogP contribution < -0.4 is 16.1 Å². The van der Waals surface area contributed by atoms with E-state index < -0.39 is 0 Å². The van der Waals surface area contributed by atoms with Crippen molar-refractivity contribution in [3.05, 3.63) is 53.4 Å². The summed E-state index contributed by atoms with van der Waals surface area (Å²) in [6.07, 6.45) is 0. The Morgan fingerprint density at radius 3 is 1.96 bits per heavy atom. The molecule has 0 heterocycles. The van der Waals surface area contributed by atoms with Crippen molar-refractivity contribution in [1.82, 2.24) is 0 Å². The molecule has 0 aliphatic carbocycles. The van der Waals surface area contributed by atoms with Crippen molar-refractivity contribution >= 4 is 34.6 Å². The Balaban J connectivity index is 2.12. The van der Waals surface area contributed by atoms with Gasteiger partial charge in [0.2, 0.25) is 11.8 Å². The molecule has 0 unspecified atom stereocenters. The third-order valence-corrected chi connectivity index (χ3v) is 2.81. The highest BCUT2D eigenvalue weighted by Gasteiger charge is 2.15. The lowest BCUT2D eigenvalue weighted by atomic mass is 10.2. The first-order valence-corrected chi connectivity index (χ1v) is 6.93. The van der Waals surface area contributed by atoms with Gasteiger partial charge in [0.25, 0.3) is 5.69 Å². The predicted octanol–water partition coefficient (Wildman–Crippen LogP) is 3.04. The first-order chi connectivity index (χ1) is 10.9. The zero-order chi connectivity index (χ0) is 16.8. The van der Waals surface area contributed by atoms with Gasteiger partial charge >= 0.3 is 0 Å². The molecule has 2 rings (SSSR count). The number of amides is 2. The van der Waals surface area contributed by atoms with Crippen LogP contribution in [0.1, 0.15) is 13.8 Å². The Labute approximate surface area is 133 Å². The Hall–Kier alpha value is -3.22. The Morgan fingerprint density at radius 2 is 1.35 bits per heavy atom. The number of anilines is 3. The number of rotatable bonds is 5. The lowest BCUT2D eigenvalue weighted by molar-refractivity contribution is -0.427. The highest BCUT2D eigenvalue weighted by atomic mass is 16.3. The van der Waals surface area contributed by atoms with E-state index in [-0.39, 0.29) is 11.8 Å². The molecule has 0 atom stereocenters. The van der Waals surface area contributed by atoms with E-state index in [2.05, 4.69) is 16.1 Å². The molecule has 23 heavy (non-hydrogen) atoms. The van der Waals surface area contributed by atoms with Gasteiger partial charge in [-0.15, -0.1) is 5.43 Å². The minimum Gasteiger partial charge on any atom is -0.326 e. The molecule has 0 saturated carbocycles. The molecule has 7 heteroatoms. The number of hydrogen-bond acceptors (Lipinski definition) is 3. The maximum Gasteiger partial charge on any atom is 0.294 e. The standard InChI is InChI=1S/C16H16N4O3/c1-11(21)17-13-5-3-7-15(9-13)19-20(23)16-8-4-6-14(10-16)18-12(2)22/h3-10H,1-2H3,(H2-,17,18,19,21,22,23)/p+1. The first-order valence-electron chi connectivity index (χ1n) is 6.93. The predicted molar refractivity (Wildman–Crippen MR) is 88.4 cm³/mol. The van der Waals surface area contributed by atoms with E-state index in [1.54, 1.807) is 48.5 Å². The molecule has 0 spiro atoms. The van der Waals surface area contributed by atoms with Crippen molar-refractivity contribution in [1.29, 1.82) is 0 Å². The summed E-state index contributed by atoms with van der Waals surface area (Å²) in [6.45, 7) is 2.81. The summed E-state index contributed by atoms with van der Waals surface area (Å²) in [5.74, 6) is -0.403. The first kappa shape index (κ1) is 16.2. The van der Waals surface area contributed by atoms with E-state index in [9.17, 15) is 14.5 Å². The van der Waals surface area contributed by atoms with Gasteiger partial charge in [-0.25, -0.2) is 0 Å². The number of carbonyl (C=O) groups is 2. The number of carbonyl (C=O) groups excluding carboxylic acids is 2. The van der Waals surface area contributed by atoms with E-state index in [1.807, 2.05) is 0 Å². The summed E-state index contributed by atoms with van der Waals surface area (Å²) in [4.78, 5) is 34.9. The van der Waals surface area contributed by atoms with Gasteiger partial charge < -0.3 is 10.6 Å². The second kappa shape index (κ2) is 7.17. The average molecular weight is 313 g/mol. The van der Waals surface area contributed by atoms with Gasteiger partial charge in [0, 0.05) is 37.4 Å². The number of nitrogens with one attached hydrogen (secondary N) is 3. The van der Waals surface area contributed by atoms with E-state index in [1.165, 1.54) is 13.8 Å². The molecule has 0 aliphatic rings. The molecular weight excluding hydrogens is 296 g/mol. The zero-order valence-corrected chi connectivity index (χ0v) is 12.8. The molecule has 2 amide bonds. The van der Waals surface area contributed by atoms with Crippen molar-refractivity contribution in [2.45, 2.75) is 13.8 Å². The normalized spacial score (nSPS) is 9.83. The number of hydrogen-bond donors (Lipinski definition) is 3. The smallest absolute Gasteiger partial charge is 0.294 e. The molecule has 7 nitrogen and oxygen atoms in total. The van der Waals surface area contributed by atoms with Crippen molar-refractivity contribution in [3.63, 3.8) is 0 Å². The van der Waals surface area contributed by atoms with E-state index >= 15 is 0 Å². The third-order valence-electron chi connectivity index (χ3n) is 2.81. The molecule has 0 aliphatic heterocycles. The summed E-state index contributed by atoms with van der Waals surface area (Å²) in [6, 6.07) is 13.3. The van der Waals surface area contributed by atoms with Gasteiger partial charge in [0.05, 0.1) is 4.91 Å². The second-order valence-electron chi connectivity index (χ2n) is 4.90. The molecule has 3 N–H and O–H groups in total. The molecule has 0 saturated heterocycles. The Morgan fingerprint density at radius 1 is 0.826 bits per heavy atom. The monoisotopic (exact) mass is 313 g/mol. The topological polar surface area (TPSA) is 90.3 Å². The van der Waals surface area contributed by atoms with Gasteiger partial charge in [-0.1, -0.05) is 12.1 Å². The van der Waals surface area contributed by atoms with Crippen LogP contribution in [0, 0.1) is 4.91 Å². The van der Waals surface area contributed by atoms with Crippen LogP contribution >= 0.6 is 0 Å². The summed E-state index contributed by atoms with van der Waals surface area (Å²) < 4.78 is 0. The maximum atomic E-state index is 12.2. The molecular formula is C16H17N4O3+. The average Bonchev–Trinajstić information content (AvgIpc) is 2.46. The molecule has 2 aromatic carbocycles. The van der Waals surface area contributed by atoms with Crippen LogP contribution in [-0.2, 0) is 9.59 Å². The van der Waals surface area contributed by atoms with Gasteiger partial charge in [-0.3, -0.25) is 9.59 Å². The van der Waals surface area contributed by atoms with Crippen LogP contribution in [-0.4, -0.2) is 16.7 Å². The van der Waals surface area contributed by atoms with Crippen molar-refractivity contribution in [2.24, 2.45) is 0 Å². The second-order valence-corrected chi connectivity index (χ2v) is 4.90. The molecule has 2 aromatic rings. The number of hydrazine groups is 1. The van der Waals surface area contributed by atoms with Crippen LogP contribution in [0.15, 0.2) is 48.5 Å². The Kier molecular flexibility index (Phi) is 5.03.